The first-order valence-electron chi connectivity index (χ1n) is 7.85. The molecule has 0 aliphatic heterocycles. The van der Waals surface area contributed by atoms with Crippen LogP contribution in [0.15, 0.2) is 59.5 Å². The van der Waals surface area contributed by atoms with Gasteiger partial charge in [-0.15, -0.1) is 11.8 Å². The Kier molecular flexibility index (Phi) is 4.91. The molecule has 1 fully saturated rings. The zero-order valence-corrected chi connectivity index (χ0v) is 14.1. The number of ether oxygens (including phenoxy) is 1. The summed E-state index contributed by atoms with van der Waals surface area (Å²) >= 11 is 1.55. The fourth-order valence-corrected chi connectivity index (χ4v) is 3.60. The molecule has 3 nitrogen and oxygen atoms in total. The van der Waals surface area contributed by atoms with Gasteiger partial charge in [-0.1, -0.05) is 30.3 Å². The molecule has 1 N–H and O–H groups in total. The van der Waals surface area contributed by atoms with Crippen molar-refractivity contribution in [3.05, 3.63) is 60.2 Å². The van der Waals surface area contributed by atoms with Crippen molar-refractivity contribution in [1.82, 2.24) is 5.32 Å². The van der Waals surface area contributed by atoms with Gasteiger partial charge in [-0.2, -0.15) is 0 Å². The summed E-state index contributed by atoms with van der Waals surface area (Å²) in [6, 6.07) is 18.1. The van der Waals surface area contributed by atoms with Gasteiger partial charge in [0.2, 0.25) is 5.91 Å². The lowest BCUT2D eigenvalue weighted by Gasteiger charge is -2.43. The number of thioether (sulfide) groups is 1. The lowest BCUT2D eigenvalue weighted by molar-refractivity contribution is -0.121. The average molecular weight is 327 g/mol. The van der Waals surface area contributed by atoms with E-state index in [0.717, 1.165) is 23.5 Å². The maximum absolute atomic E-state index is 12.4. The molecule has 0 aromatic heterocycles. The standard InChI is InChI=1S/C19H21NO2S/c1-22-16-8-10-17(11-9-16)23-14-18(21)20-19(12-5-13-19)15-6-3-2-4-7-15/h2-4,6-11H,5,12-14H2,1H3,(H,20,21). The van der Waals surface area contributed by atoms with E-state index >= 15 is 0 Å². The first-order chi connectivity index (χ1) is 11.2. The lowest BCUT2D eigenvalue weighted by Crippen LogP contribution is -2.51. The average Bonchev–Trinajstić information content (AvgIpc) is 2.57. The van der Waals surface area contributed by atoms with E-state index in [4.69, 9.17) is 4.74 Å². The minimum Gasteiger partial charge on any atom is -0.497 e. The van der Waals surface area contributed by atoms with Gasteiger partial charge in [0.05, 0.1) is 18.4 Å². The van der Waals surface area contributed by atoms with Crippen LogP contribution in [0.5, 0.6) is 5.75 Å². The fourth-order valence-electron chi connectivity index (χ4n) is 2.90. The third-order valence-electron chi connectivity index (χ3n) is 4.34. The van der Waals surface area contributed by atoms with E-state index in [1.807, 2.05) is 42.5 Å². The van der Waals surface area contributed by atoms with E-state index in [1.54, 1.807) is 18.9 Å². The molecular weight excluding hydrogens is 306 g/mol. The highest BCUT2D eigenvalue weighted by molar-refractivity contribution is 8.00. The van der Waals surface area contributed by atoms with Crippen LogP contribution >= 0.6 is 11.8 Å². The Hall–Kier alpha value is -1.94. The SMILES string of the molecule is COc1ccc(SCC(=O)NC2(c3ccccc3)CCC2)cc1. The van der Waals surface area contributed by atoms with Gasteiger partial charge in [-0.25, -0.2) is 0 Å². The largest absolute Gasteiger partial charge is 0.497 e. The molecule has 0 heterocycles. The molecule has 1 aliphatic carbocycles. The van der Waals surface area contributed by atoms with Crippen LogP contribution in [0.2, 0.25) is 0 Å². The molecule has 1 aliphatic rings. The van der Waals surface area contributed by atoms with E-state index < -0.39 is 0 Å². The smallest absolute Gasteiger partial charge is 0.231 e. The van der Waals surface area contributed by atoms with Gasteiger partial charge >= 0.3 is 0 Å². The van der Waals surface area contributed by atoms with E-state index in [9.17, 15) is 4.79 Å². The zero-order chi connectivity index (χ0) is 16.1. The number of methoxy groups -OCH3 is 1. The summed E-state index contributed by atoms with van der Waals surface area (Å²) in [5, 5.41) is 3.25. The van der Waals surface area contributed by atoms with Crippen molar-refractivity contribution in [2.75, 3.05) is 12.9 Å². The molecule has 0 bridgehead atoms. The Labute approximate surface area is 141 Å². The number of benzene rings is 2. The van der Waals surface area contributed by atoms with Crippen molar-refractivity contribution in [2.45, 2.75) is 29.7 Å². The molecule has 0 saturated heterocycles. The molecular formula is C19H21NO2S. The van der Waals surface area contributed by atoms with Crippen LogP contribution in [0, 0.1) is 0 Å². The molecule has 4 heteroatoms. The predicted molar refractivity (Wildman–Crippen MR) is 93.8 cm³/mol. The number of nitrogens with one attached hydrogen (secondary N) is 1. The molecule has 0 atom stereocenters. The van der Waals surface area contributed by atoms with Crippen LogP contribution < -0.4 is 10.1 Å². The number of hydrogen-bond acceptors (Lipinski definition) is 3. The van der Waals surface area contributed by atoms with Crippen molar-refractivity contribution in [3.63, 3.8) is 0 Å². The van der Waals surface area contributed by atoms with Crippen molar-refractivity contribution in [2.24, 2.45) is 0 Å². The Morgan fingerprint density at radius 1 is 1.13 bits per heavy atom. The third kappa shape index (κ3) is 3.70. The van der Waals surface area contributed by atoms with Gasteiger partial charge < -0.3 is 10.1 Å². The van der Waals surface area contributed by atoms with Gasteiger partial charge in [-0.3, -0.25) is 4.79 Å². The second-order valence-electron chi connectivity index (χ2n) is 5.81. The van der Waals surface area contributed by atoms with E-state index in [1.165, 1.54) is 12.0 Å². The van der Waals surface area contributed by atoms with Gasteiger partial charge in [0.15, 0.2) is 0 Å². The number of carbonyl (C=O) groups is 1. The first-order valence-corrected chi connectivity index (χ1v) is 8.84. The van der Waals surface area contributed by atoms with Crippen LogP contribution in [-0.2, 0) is 10.3 Å². The van der Waals surface area contributed by atoms with Crippen LogP contribution in [0.4, 0.5) is 0 Å². The van der Waals surface area contributed by atoms with Gasteiger partial charge in [0, 0.05) is 4.90 Å². The van der Waals surface area contributed by atoms with Gasteiger partial charge in [0.1, 0.15) is 5.75 Å². The summed E-state index contributed by atoms with van der Waals surface area (Å²) in [7, 11) is 1.65. The van der Waals surface area contributed by atoms with Crippen molar-refractivity contribution >= 4 is 17.7 Å². The van der Waals surface area contributed by atoms with Crippen molar-refractivity contribution in [3.8, 4) is 5.75 Å². The van der Waals surface area contributed by atoms with E-state index in [2.05, 4.69) is 17.4 Å². The molecule has 2 aromatic rings. The maximum atomic E-state index is 12.4. The summed E-state index contributed by atoms with van der Waals surface area (Å²) in [5.74, 6) is 1.35. The number of hydrogen-bond donors (Lipinski definition) is 1. The van der Waals surface area contributed by atoms with Gasteiger partial charge in [-0.05, 0) is 49.1 Å². The van der Waals surface area contributed by atoms with Crippen LogP contribution in [0.25, 0.3) is 0 Å². The molecule has 0 radical (unpaired) electrons. The topological polar surface area (TPSA) is 38.3 Å². The Balaban J connectivity index is 1.58. The number of amides is 1. The normalized spacial score (nSPS) is 15.5. The number of carbonyl (C=O) groups excluding carboxylic acids is 1. The first kappa shape index (κ1) is 15.9. The summed E-state index contributed by atoms with van der Waals surface area (Å²) in [5.41, 5.74) is 1.06. The summed E-state index contributed by atoms with van der Waals surface area (Å²) < 4.78 is 5.14. The molecule has 23 heavy (non-hydrogen) atoms. The highest BCUT2D eigenvalue weighted by atomic mass is 32.2. The van der Waals surface area contributed by atoms with E-state index in [-0.39, 0.29) is 11.4 Å². The minimum absolute atomic E-state index is 0.0920. The molecule has 0 spiro atoms. The molecule has 1 amide bonds. The van der Waals surface area contributed by atoms with Crippen LogP contribution in [0.3, 0.4) is 0 Å². The summed E-state index contributed by atoms with van der Waals surface area (Å²) in [4.78, 5) is 13.4. The summed E-state index contributed by atoms with van der Waals surface area (Å²) in [6.07, 6.45) is 3.21. The molecule has 2 aromatic carbocycles. The van der Waals surface area contributed by atoms with Crippen LogP contribution in [0.1, 0.15) is 24.8 Å². The molecule has 1 saturated carbocycles. The minimum atomic E-state index is -0.154. The third-order valence-corrected chi connectivity index (χ3v) is 5.35. The van der Waals surface area contributed by atoms with E-state index in [0.29, 0.717) is 5.75 Å². The Bertz CT molecular complexity index is 651. The maximum Gasteiger partial charge on any atom is 0.231 e. The van der Waals surface area contributed by atoms with Crippen molar-refractivity contribution < 1.29 is 9.53 Å². The molecule has 3 rings (SSSR count). The zero-order valence-electron chi connectivity index (χ0n) is 13.2. The summed E-state index contributed by atoms with van der Waals surface area (Å²) in [6.45, 7) is 0. The molecule has 0 unspecified atom stereocenters. The fraction of sp³-hybridized carbons (Fsp3) is 0.316. The lowest BCUT2D eigenvalue weighted by atomic mass is 9.72. The highest BCUT2D eigenvalue weighted by Crippen LogP contribution is 2.41. The van der Waals surface area contributed by atoms with Crippen LogP contribution in [-0.4, -0.2) is 18.8 Å². The number of rotatable bonds is 6. The highest BCUT2D eigenvalue weighted by Gasteiger charge is 2.39. The monoisotopic (exact) mass is 327 g/mol. The second kappa shape index (κ2) is 7.09. The predicted octanol–water partition coefficient (Wildman–Crippen LogP) is 3.98. The quantitative estimate of drug-likeness (QED) is 0.816. The molecule has 120 valence electrons. The second-order valence-corrected chi connectivity index (χ2v) is 6.86. The van der Waals surface area contributed by atoms with Gasteiger partial charge in [0.25, 0.3) is 0 Å². The Morgan fingerprint density at radius 2 is 1.83 bits per heavy atom. The van der Waals surface area contributed by atoms with Crippen molar-refractivity contribution in [1.29, 1.82) is 0 Å². The Morgan fingerprint density at radius 3 is 2.39 bits per heavy atom.